The highest BCUT2D eigenvalue weighted by Gasteiger charge is 2.30. The summed E-state index contributed by atoms with van der Waals surface area (Å²) in [6.07, 6.45) is 3.86. The summed E-state index contributed by atoms with van der Waals surface area (Å²) in [6.45, 7) is 5.16. The first kappa shape index (κ1) is 18.2. The van der Waals surface area contributed by atoms with Crippen molar-refractivity contribution in [2.75, 3.05) is 19.7 Å². The molecule has 142 valence electrons. The van der Waals surface area contributed by atoms with Crippen molar-refractivity contribution in [3.63, 3.8) is 0 Å². The lowest BCUT2D eigenvalue weighted by Gasteiger charge is -2.32. The van der Waals surface area contributed by atoms with Crippen molar-refractivity contribution in [3.8, 4) is 0 Å². The van der Waals surface area contributed by atoms with Crippen LogP contribution in [0.1, 0.15) is 48.2 Å². The zero-order valence-electron chi connectivity index (χ0n) is 16.2. The van der Waals surface area contributed by atoms with E-state index in [0.29, 0.717) is 13.1 Å². The summed E-state index contributed by atoms with van der Waals surface area (Å²) in [6, 6.07) is 10.4. The minimum absolute atomic E-state index is 0.0124. The average Bonchev–Trinajstić information content (AvgIpc) is 3.11. The normalized spacial score (nSPS) is 19.1. The lowest BCUT2D eigenvalue weighted by Crippen LogP contribution is -2.44. The van der Waals surface area contributed by atoms with Crippen LogP contribution < -0.4 is 0 Å². The molecule has 1 fully saturated rings. The van der Waals surface area contributed by atoms with Gasteiger partial charge in [-0.2, -0.15) is 0 Å². The maximum Gasteiger partial charge on any atom is 0.248 e. The molecule has 0 unspecified atom stereocenters. The Morgan fingerprint density at radius 1 is 1.15 bits per heavy atom. The van der Waals surface area contributed by atoms with Crippen molar-refractivity contribution >= 4 is 22.5 Å². The highest BCUT2D eigenvalue weighted by Crippen LogP contribution is 2.34. The average molecular weight is 365 g/mol. The number of amides is 1. The van der Waals surface area contributed by atoms with Crippen molar-refractivity contribution in [1.29, 1.82) is 0 Å². The number of ether oxygens (including phenoxy) is 1. The van der Waals surface area contributed by atoms with E-state index < -0.39 is 0 Å². The van der Waals surface area contributed by atoms with Gasteiger partial charge in [0.25, 0.3) is 0 Å². The Kier molecular flexibility index (Phi) is 5.00. The van der Waals surface area contributed by atoms with Crippen molar-refractivity contribution in [2.45, 2.75) is 45.6 Å². The summed E-state index contributed by atoms with van der Waals surface area (Å²) in [5.41, 5.74) is 3.52. The van der Waals surface area contributed by atoms with Crippen molar-refractivity contribution in [2.24, 2.45) is 5.92 Å². The third-order valence-electron chi connectivity index (χ3n) is 5.83. The van der Waals surface area contributed by atoms with Gasteiger partial charge in [0.05, 0.1) is 6.10 Å². The highest BCUT2D eigenvalue weighted by atomic mass is 16.5. The Bertz CT molecular complexity index is 876. The number of hydrogen-bond acceptors (Lipinski definition) is 3. The van der Waals surface area contributed by atoms with E-state index in [2.05, 4.69) is 24.3 Å². The van der Waals surface area contributed by atoms with Crippen LogP contribution in [0.5, 0.6) is 0 Å². The Balaban J connectivity index is 1.55. The fourth-order valence-electron chi connectivity index (χ4n) is 4.43. The first-order valence-corrected chi connectivity index (χ1v) is 10.0. The van der Waals surface area contributed by atoms with Gasteiger partial charge in [0.2, 0.25) is 5.91 Å². The molecule has 1 heterocycles. The molecule has 0 radical (unpaired) electrons. The highest BCUT2D eigenvalue weighted by molar-refractivity contribution is 6.11. The molecular formula is C23H27NO3. The smallest absolute Gasteiger partial charge is 0.248 e. The molecule has 4 nitrogen and oxygen atoms in total. The second kappa shape index (κ2) is 7.43. The number of nitrogens with zero attached hydrogens (tertiary/aromatic N) is 1. The minimum atomic E-state index is -0.125. The number of Topliss-reactive ketones (excluding diaryl/α,β-unsaturated/α-hetero) is 1. The minimum Gasteiger partial charge on any atom is -0.369 e. The van der Waals surface area contributed by atoms with E-state index in [0.717, 1.165) is 36.6 Å². The van der Waals surface area contributed by atoms with E-state index in [1.807, 2.05) is 19.9 Å². The van der Waals surface area contributed by atoms with E-state index >= 15 is 0 Å². The molecule has 2 aromatic rings. The molecule has 0 spiro atoms. The van der Waals surface area contributed by atoms with Gasteiger partial charge in [-0.25, -0.2) is 0 Å². The third-order valence-corrected chi connectivity index (χ3v) is 5.83. The van der Waals surface area contributed by atoms with Crippen LogP contribution in [-0.2, 0) is 22.4 Å². The lowest BCUT2D eigenvalue weighted by molar-refractivity contribution is -0.139. The van der Waals surface area contributed by atoms with E-state index in [-0.39, 0.29) is 30.3 Å². The van der Waals surface area contributed by atoms with Gasteiger partial charge in [-0.15, -0.1) is 0 Å². The van der Waals surface area contributed by atoms with Crippen LogP contribution in [0, 0.1) is 5.92 Å². The summed E-state index contributed by atoms with van der Waals surface area (Å²) < 4.78 is 5.45. The van der Waals surface area contributed by atoms with Crippen molar-refractivity contribution in [3.05, 3.63) is 47.0 Å². The molecule has 1 saturated heterocycles. The number of hydrogen-bond donors (Lipinski definition) is 0. The zero-order chi connectivity index (χ0) is 19.0. The first-order valence-electron chi connectivity index (χ1n) is 10.0. The fourth-order valence-corrected chi connectivity index (χ4v) is 4.43. The number of likely N-dealkylation sites (tertiary alicyclic amines) is 1. The van der Waals surface area contributed by atoms with Gasteiger partial charge < -0.3 is 9.64 Å². The molecule has 1 aliphatic carbocycles. The number of aryl methyl sites for hydroxylation is 2. The van der Waals surface area contributed by atoms with Crippen LogP contribution in [0.3, 0.4) is 0 Å². The van der Waals surface area contributed by atoms with E-state index in [4.69, 9.17) is 4.74 Å². The van der Waals surface area contributed by atoms with E-state index in [1.165, 1.54) is 16.5 Å². The predicted molar refractivity (Wildman–Crippen MR) is 106 cm³/mol. The molecule has 2 aliphatic rings. The molecule has 1 aliphatic heterocycles. The van der Waals surface area contributed by atoms with Crippen LogP contribution in [0.25, 0.3) is 10.8 Å². The Hall–Kier alpha value is -2.20. The number of rotatable bonds is 5. The second-order valence-corrected chi connectivity index (χ2v) is 8.01. The van der Waals surface area contributed by atoms with E-state index in [1.54, 1.807) is 4.90 Å². The summed E-state index contributed by atoms with van der Waals surface area (Å²) in [7, 11) is 0. The van der Waals surface area contributed by atoms with Gasteiger partial charge in [-0.05, 0) is 61.4 Å². The number of piperidine rings is 1. The number of benzene rings is 2. The molecule has 27 heavy (non-hydrogen) atoms. The van der Waals surface area contributed by atoms with Crippen molar-refractivity contribution < 1.29 is 14.3 Å². The molecule has 1 amide bonds. The van der Waals surface area contributed by atoms with Crippen LogP contribution in [-0.4, -0.2) is 42.4 Å². The van der Waals surface area contributed by atoms with Gasteiger partial charge >= 0.3 is 0 Å². The molecule has 4 heteroatoms. The molecule has 0 saturated carbocycles. The van der Waals surface area contributed by atoms with Crippen LogP contribution in [0.4, 0.5) is 0 Å². The van der Waals surface area contributed by atoms with E-state index in [9.17, 15) is 9.59 Å². The summed E-state index contributed by atoms with van der Waals surface area (Å²) in [4.78, 5) is 27.5. The number of carbonyl (C=O) groups is 2. The standard InChI is InChI=1S/C23H27NO3/c1-15(2)27-14-21(25)24-12-4-6-18(13-24)23(26)20-11-10-17-9-8-16-5-3-7-19(20)22(16)17/h3,5,7,10-11,15,18H,4,6,8-9,12-14H2,1-2H3/t18-/m1/s1. The summed E-state index contributed by atoms with van der Waals surface area (Å²) in [5, 5.41) is 2.36. The maximum atomic E-state index is 13.3. The molecular weight excluding hydrogens is 338 g/mol. The molecule has 2 aromatic carbocycles. The molecule has 4 rings (SSSR count). The summed E-state index contributed by atoms with van der Waals surface area (Å²) in [5.74, 6) is 0.0368. The Morgan fingerprint density at radius 3 is 2.70 bits per heavy atom. The third kappa shape index (κ3) is 3.51. The van der Waals surface area contributed by atoms with Crippen LogP contribution >= 0.6 is 0 Å². The SMILES string of the molecule is CC(C)OCC(=O)N1CCC[C@@H](C(=O)c2ccc3c4c(cccc24)CC3)C1. The van der Waals surface area contributed by atoms with Gasteiger partial charge in [0.1, 0.15) is 6.61 Å². The topological polar surface area (TPSA) is 46.6 Å². The Labute approximate surface area is 160 Å². The molecule has 0 N–H and O–H groups in total. The van der Waals surface area contributed by atoms with Crippen LogP contribution in [0.2, 0.25) is 0 Å². The predicted octanol–water partition coefficient (Wildman–Crippen LogP) is 3.78. The largest absolute Gasteiger partial charge is 0.369 e. The second-order valence-electron chi connectivity index (χ2n) is 8.01. The fraction of sp³-hybridized carbons (Fsp3) is 0.478. The maximum absolute atomic E-state index is 13.3. The zero-order valence-corrected chi connectivity index (χ0v) is 16.2. The number of carbonyl (C=O) groups excluding carboxylic acids is 2. The molecule has 0 bridgehead atoms. The van der Waals surface area contributed by atoms with Gasteiger partial charge in [0, 0.05) is 24.6 Å². The van der Waals surface area contributed by atoms with Gasteiger partial charge in [-0.3, -0.25) is 9.59 Å². The molecule has 0 aromatic heterocycles. The first-order chi connectivity index (χ1) is 13.0. The Morgan fingerprint density at radius 2 is 1.93 bits per heavy atom. The van der Waals surface area contributed by atoms with Gasteiger partial charge in [-0.1, -0.05) is 30.3 Å². The van der Waals surface area contributed by atoms with Crippen molar-refractivity contribution in [1.82, 2.24) is 4.90 Å². The quantitative estimate of drug-likeness (QED) is 0.758. The lowest BCUT2D eigenvalue weighted by atomic mass is 9.87. The molecule has 1 atom stereocenters. The monoisotopic (exact) mass is 365 g/mol. The van der Waals surface area contributed by atoms with Crippen LogP contribution in [0.15, 0.2) is 30.3 Å². The number of ketones is 1. The van der Waals surface area contributed by atoms with Gasteiger partial charge in [0.15, 0.2) is 5.78 Å². The summed E-state index contributed by atoms with van der Waals surface area (Å²) >= 11 is 0.